The van der Waals surface area contributed by atoms with Crippen molar-refractivity contribution in [3.05, 3.63) is 35.9 Å². The first-order chi connectivity index (χ1) is 11.2. The van der Waals surface area contributed by atoms with E-state index >= 15 is 0 Å². The van der Waals surface area contributed by atoms with E-state index in [4.69, 9.17) is 4.98 Å². The first-order valence-electron chi connectivity index (χ1n) is 8.62. The average molecular weight is 309 g/mol. The predicted molar refractivity (Wildman–Crippen MR) is 92.6 cm³/mol. The molecule has 0 radical (unpaired) electrons. The Labute approximate surface area is 137 Å². The first-order valence-corrected chi connectivity index (χ1v) is 8.62. The summed E-state index contributed by atoms with van der Waals surface area (Å²) in [5.41, 5.74) is 2.29. The van der Waals surface area contributed by atoms with Gasteiger partial charge in [0.05, 0.1) is 11.4 Å². The topological polar surface area (TPSA) is 36.4 Å². The number of para-hydroxylation sites is 1. The van der Waals surface area contributed by atoms with Crippen LogP contribution in [0.2, 0.25) is 0 Å². The highest BCUT2D eigenvalue weighted by Gasteiger charge is 2.33. The van der Waals surface area contributed by atoms with Gasteiger partial charge < -0.3 is 9.80 Å². The highest BCUT2D eigenvalue weighted by atomic mass is 16.2. The second kappa shape index (κ2) is 5.84. The highest BCUT2D eigenvalue weighted by molar-refractivity contribution is 5.84. The molecular formula is C19H23N3O. The second-order valence-corrected chi connectivity index (χ2v) is 6.78. The SMILES string of the molecule is Cc1cc(N2CCC(C(=O)N3CCCC3)C2)nc2ccccc12. The number of nitrogens with zero attached hydrogens (tertiary/aromatic N) is 3. The van der Waals surface area contributed by atoms with Crippen LogP contribution in [0.5, 0.6) is 0 Å². The van der Waals surface area contributed by atoms with E-state index in [0.717, 1.165) is 56.8 Å². The zero-order valence-electron chi connectivity index (χ0n) is 13.7. The van der Waals surface area contributed by atoms with E-state index < -0.39 is 0 Å². The Bertz CT molecular complexity index is 736. The third-order valence-electron chi connectivity index (χ3n) is 5.19. The minimum atomic E-state index is 0.140. The van der Waals surface area contributed by atoms with E-state index in [-0.39, 0.29) is 5.92 Å². The van der Waals surface area contributed by atoms with Gasteiger partial charge in [0.15, 0.2) is 0 Å². The standard InChI is InChI=1S/C19H23N3O/c1-14-12-18(20-17-7-3-2-6-16(14)17)22-11-8-15(13-22)19(23)21-9-4-5-10-21/h2-3,6-7,12,15H,4-5,8-11,13H2,1H3. The molecule has 1 unspecified atom stereocenters. The molecule has 3 heterocycles. The molecule has 0 spiro atoms. The van der Waals surface area contributed by atoms with Crippen LogP contribution in [0.15, 0.2) is 30.3 Å². The van der Waals surface area contributed by atoms with Gasteiger partial charge >= 0.3 is 0 Å². The zero-order valence-corrected chi connectivity index (χ0v) is 13.7. The molecule has 4 rings (SSSR count). The Balaban J connectivity index is 1.54. The van der Waals surface area contributed by atoms with Gasteiger partial charge in [0, 0.05) is 31.6 Å². The Hall–Kier alpha value is -2.10. The molecule has 1 aromatic heterocycles. The summed E-state index contributed by atoms with van der Waals surface area (Å²) in [5.74, 6) is 1.50. The number of fused-ring (bicyclic) bond motifs is 1. The number of carbonyl (C=O) groups is 1. The minimum absolute atomic E-state index is 0.140. The number of likely N-dealkylation sites (tertiary alicyclic amines) is 1. The molecule has 120 valence electrons. The van der Waals surface area contributed by atoms with Gasteiger partial charge in [0.2, 0.25) is 5.91 Å². The summed E-state index contributed by atoms with van der Waals surface area (Å²) in [5, 5.41) is 1.21. The molecule has 0 saturated carbocycles. The fourth-order valence-electron chi connectivity index (χ4n) is 3.86. The van der Waals surface area contributed by atoms with Gasteiger partial charge in [-0.25, -0.2) is 4.98 Å². The molecule has 2 aliphatic heterocycles. The third kappa shape index (κ3) is 2.67. The molecule has 0 aliphatic carbocycles. The van der Waals surface area contributed by atoms with Crippen LogP contribution in [0.4, 0.5) is 5.82 Å². The van der Waals surface area contributed by atoms with E-state index in [1.807, 2.05) is 11.0 Å². The van der Waals surface area contributed by atoms with Crippen LogP contribution in [-0.4, -0.2) is 42.0 Å². The van der Waals surface area contributed by atoms with Crippen molar-refractivity contribution in [3.8, 4) is 0 Å². The predicted octanol–water partition coefficient (Wildman–Crippen LogP) is 2.99. The highest BCUT2D eigenvalue weighted by Crippen LogP contribution is 2.28. The van der Waals surface area contributed by atoms with Crippen LogP contribution in [0.3, 0.4) is 0 Å². The summed E-state index contributed by atoms with van der Waals surface area (Å²) in [6, 6.07) is 10.4. The van der Waals surface area contributed by atoms with Crippen LogP contribution in [-0.2, 0) is 4.79 Å². The smallest absolute Gasteiger partial charge is 0.227 e. The maximum atomic E-state index is 12.6. The third-order valence-corrected chi connectivity index (χ3v) is 5.19. The Morgan fingerprint density at radius 1 is 1.17 bits per heavy atom. The van der Waals surface area contributed by atoms with Gasteiger partial charge in [0.1, 0.15) is 5.82 Å². The van der Waals surface area contributed by atoms with Crippen LogP contribution in [0.25, 0.3) is 10.9 Å². The van der Waals surface area contributed by atoms with Crippen molar-refractivity contribution < 1.29 is 4.79 Å². The minimum Gasteiger partial charge on any atom is -0.356 e. The average Bonchev–Trinajstić information content (AvgIpc) is 3.26. The summed E-state index contributed by atoms with van der Waals surface area (Å²) >= 11 is 0. The number of aromatic nitrogens is 1. The quantitative estimate of drug-likeness (QED) is 0.855. The van der Waals surface area contributed by atoms with E-state index in [1.54, 1.807) is 0 Å². The fraction of sp³-hybridized carbons (Fsp3) is 0.474. The van der Waals surface area contributed by atoms with Crippen LogP contribution in [0, 0.1) is 12.8 Å². The van der Waals surface area contributed by atoms with Crippen molar-refractivity contribution in [2.75, 3.05) is 31.1 Å². The van der Waals surface area contributed by atoms with Crippen molar-refractivity contribution in [2.24, 2.45) is 5.92 Å². The van der Waals surface area contributed by atoms with E-state index in [9.17, 15) is 4.79 Å². The second-order valence-electron chi connectivity index (χ2n) is 6.78. The molecule has 2 aromatic rings. The summed E-state index contributed by atoms with van der Waals surface area (Å²) in [6.45, 7) is 5.76. The number of aryl methyl sites for hydroxylation is 1. The van der Waals surface area contributed by atoms with E-state index in [1.165, 1.54) is 10.9 Å². The number of hydrogen-bond acceptors (Lipinski definition) is 3. The molecule has 1 aromatic carbocycles. The maximum absolute atomic E-state index is 12.6. The normalized spacial score (nSPS) is 21.3. The van der Waals surface area contributed by atoms with Gasteiger partial charge in [-0.1, -0.05) is 18.2 Å². The van der Waals surface area contributed by atoms with Crippen molar-refractivity contribution in [2.45, 2.75) is 26.2 Å². The van der Waals surface area contributed by atoms with E-state index in [2.05, 4.69) is 36.1 Å². The lowest BCUT2D eigenvalue weighted by Gasteiger charge is -2.21. The molecule has 4 heteroatoms. The summed E-state index contributed by atoms with van der Waals surface area (Å²) in [7, 11) is 0. The van der Waals surface area contributed by atoms with Crippen molar-refractivity contribution in [3.63, 3.8) is 0 Å². The number of pyridine rings is 1. The largest absolute Gasteiger partial charge is 0.356 e. The molecule has 2 fully saturated rings. The van der Waals surface area contributed by atoms with Gasteiger partial charge in [-0.15, -0.1) is 0 Å². The number of hydrogen-bond donors (Lipinski definition) is 0. The number of amides is 1. The number of benzene rings is 1. The van der Waals surface area contributed by atoms with Gasteiger partial charge in [-0.05, 0) is 43.9 Å². The lowest BCUT2D eigenvalue weighted by molar-refractivity contribution is -0.133. The molecule has 0 N–H and O–H groups in total. The molecule has 23 heavy (non-hydrogen) atoms. The first kappa shape index (κ1) is 14.5. The number of carbonyl (C=O) groups excluding carboxylic acids is 1. The fourth-order valence-corrected chi connectivity index (χ4v) is 3.86. The summed E-state index contributed by atoms with van der Waals surface area (Å²) in [6.07, 6.45) is 3.27. The molecule has 2 saturated heterocycles. The van der Waals surface area contributed by atoms with Crippen LogP contribution >= 0.6 is 0 Å². The Morgan fingerprint density at radius 2 is 1.96 bits per heavy atom. The van der Waals surface area contributed by atoms with Gasteiger partial charge in [-0.2, -0.15) is 0 Å². The molecule has 1 amide bonds. The number of rotatable bonds is 2. The molecule has 1 atom stereocenters. The summed E-state index contributed by atoms with van der Waals surface area (Å²) in [4.78, 5) is 21.7. The van der Waals surface area contributed by atoms with Crippen LogP contribution in [0.1, 0.15) is 24.8 Å². The Kier molecular flexibility index (Phi) is 3.68. The molecule has 2 aliphatic rings. The zero-order chi connectivity index (χ0) is 15.8. The van der Waals surface area contributed by atoms with Gasteiger partial charge in [-0.3, -0.25) is 4.79 Å². The lowest BCUT2D eigenvalue weighted by atomic mass is 10.1. The molecular weight excluding hydrogens is 286 g/mol. The monoisotopic (exact) mass is 309 g/mol. The van der Waals surface area contributed by atoms with Crippen molar-refractivity contribution >= 4 is 22.6 Å². The maximum Gasteiger partial charge on any atom is 0.227 e. The summed E-state index contributed by atoms with van der Waals surface area (Å²) < 4.78 is 0. The van der Waals surface area contributed by atoms with Crippen molar-refractivity contribution in [1.82, 2.24) is 9.88 Å². The van der Waals surface area contributed by atoms with E-state index in [0.29, 0.717) is 5.91 Å². The lowest BCUT2D eigenvalue weighted by Crippen LogP contribution is -2.35. The Morgan fingerprint density at radius 3 is 2.78 bits per heavy atom. The molecule has 0 bridgehead atoms. The number of anilines is 1. The van der Waals surface area contributed by atoms with Gasteiger partial charge in [0.25, 0.3) is 0 Å². The molecule has 4 nitrogen and oxygen atoms in total. The van der Waals surface area contributed by atoms with Crippen LogP contribution < -0.4 is 4.90 Å². The van der Waals surface area contributed by atoms with Crippen molar-refractivity contribution in [1.29, 1.82) is 0 Å².